The van der Waals surface area contributed by atoms with Crippen molar-refractivity contribution < 1.29 is 40.6 Å². The van der Waals surface area contributed by atoms with Crippen molar-refractivity contribution in [1.82, 2.24) is 0 Å². The normalized spacial score (nSPS) is 13.7. The number of carboxylic acid groups (broad SMARTS) is 1. The second-order valence-electron chi connectivity index (χ2n) is 6.02. The number of allylic oxidation sites excluding steroid dienone is 1. The highest BCUT2D eigenvalue weighted by Gasteiger charge is 2.40. The van der Waals surface area contributed by atoms with Gasteiger partial charge in [-0.05, 0) is 56.9 Å². The Hall–Kier alpha value is -2.36. The fraction of sp³-hybridized carbons (Fsp3) is 0.211. The van der Waals surface area contributed by atoms with Gasteiger partial charge in [0.2, 0.25) is 0 Å². The van der Waals surface area contributed by atoms with Crippen LogP contribution in [0.2, 0.25) is 0 Å². The second-order valence-corrected chi connectivity index (χ2v) is 6.87. The molecule has 0 fully saturated rings. The maximum atomic E-state index is 13.5. The van der Waals surface area contributed by atoms with Crippen molar-refractivity contribution in [1.29, 1.82) is 0 Å². The van der Waals surface area contributed by atoms with E-state index in [-0.39, 0.29) is 15.6 Å². The van der Waals surface area contributed by atoms with Crippen LogP contribution >= 0.6 is 15.9 Å². The van der Waals surface area contributed by atoms with Crippen LogP contribution in [0.3, 0.4) is 0 Å². The highest BCUT2D eigenvalue weighted by Crippen LogP contribution is 2.40. The number of carboxylic acids is 1. The minimum atomic E-state index is -4.94. The van der Waals surface area contributed by atoms with Gasteiger partial charge < -0.3 is 5.11 Å². The van der Waals surface area contributed by atoms with Crippen molar-refractivity contribution in [2.75, 3.05) is 0 Å². The fourth-order valence-corrected chi connectivity index (χ4v) is 3.13. The molecular weight excluding hydrogens is 473 g/mol. The molecule has 0 heterocycles. The maximum absolute atomic E-state index is 13.5. The van der Waals surface area contributed by atoms with Crippen LogP contribution in [0.1, 0.15) is 38.5 Å². The van der Waals surface area contributed by atoms with Crippen molar-refractivity contribution in [2.45, 2.75) is 24.9 Å². The standard InChI is InChI=1S/C19H12BrF7O2/c20-16-7-10(1-3-14(16)17(28)29)2-4-15(19(25,26)27)12-5-11(9-21)6-13(8-12)18(22,23)24/h1-8,15H,9H2,(H,28,29)/b4-2+. The zero-order valence-electron chi connectivity index (χ0n) is 14.3. The van der Waals surface area contributed by atoms with Gasteiger partial charge in [0.1, 0.15) is 6.67 Å². The van der Waals surface area contributed by atoms with Gasteiger partial charge in [-0.1, -0.05) is 24.3 Å². The number of halogens is 8. The van der Waals surface area contributed by atoms with E-state index in [2.05, 4.69) is 15.9 Å². The van der Waals surface area contributed by atoms with Gasteiger partial charge in [-0.15, -0.1) is 0 Å². The predicted octanol–water partition coefficient (Wildman–Crippen LogP) is 6.99. The van der Waals surface area contributed by atoms with Crippen molar-refractivity contribution in [3.05, 3.63) is 74.8 Å². The van der Waals surface area contributed by atoms with Crippen LogP contribution in [-0.4, -0.2) is 17.3 Å². The number of carbonyl (C=O) groups is 1. The second kappa shape index (κ2) is 8.56. The lowest BCUT2D eigenvalue weighted by molar-refractivity contribution is -0.142. The number of hydrogen-bond acceptors (Lipinski definition) is 1. The minimum Gasteiger partial charge on any atom is -0.478 e. The van der Waals surface area contributed by atoms with Gasteiger partial charge in [0.05, 0.1) is 17.0 Å². The average molecular weight is 485 g/mol. The Kier molecular flexibility index (Phi) is 6.77. The quantitative estimate of drug-likeness (QED) is 0.464. The van der Waals surface area contributed by atoms with Crippen LogP contribution in [0.5, 0.6) is 0 Å². The smallest absolute Gasteiger partial charge is 0.416 e. The maximum Gasteiger partial charge on any atom is 0.416 e. The highest BCUT2D eigenvalue weighted by atomic mass is 79.9. The first-order chi connectivity index (χ1) is 13.3. The molecule has 0 aromatic heterocycles. The first kappa shape index (κ1) is 22.9. The summed E-state index contributed by atoms with van der Waals surface area (Å²) >= 11 is 2.99. The molecule has 0 amide bonds. The van der Waals surface area contributed by atoms with Crippen molar-refractivity contribution in [2.24, 2.45) is 0 Å². The Bertz CT molecular complexity index is 933. The summed E-state index contributed by atoms with van der Waals surface area (Å²) in [6, 6.07) is 5.21. The van der Waals surface area contributed by atoms with E-state index in [1.54, 1.807) is 0 Å². The molecule has 0 spiro atoms. The zero-order chi connectivity index (χ0) is 22.0. The summed E-state index contributed by atoms with van der Waals surface area (Å²) in [7, 11) is 0. The van der Waals surface area contributed by atoms with E-state index in [9.17, 15) is 35.5 Å². The van der Waals surface area contributed by atoms with Gasteiger partial charge in [0, 0.05) is 4.47 Å². The molecule has 2 aromatic carbocycles. The summed E-state index contributed by atoms with van der Waals surface area (Å²) < 4.78 is 92.5. The molecule has 10 heteroatoms. The van der Waals surface area contributed by atoms with Gasteiger partial charge >= 0.3 is 18.3 Å². The van der Waals surface area contributed by atoms with E-state index < -0.39 is 47.6 Å². The van der Waals surface area contributed by atoms with Crippen LogP contribution in [-0.2, 0) is 12.9 Å². The molecule has 0 saturated carbocycles. The van der Waals surface area contributed by atoms with E-state index in [1.807, 2.05) is 0 Å². The third-order valence-electron chi connectivity index (χ3n) is 3.91. The lowest BCUT2D eigenvalue weighted by Crippen LogP contribution is -2.20. The zero-order valence-corrected chi connectivity index (χ0v) is 15.9. The minimum absolute atomic E-state index is 0.111. The van der Waals surface area contributed by atoms with Crippen LogP contribution < -0.4 is 0 Å². The average Bonchev–Trinajstić information content (AvgIpc) is 2.59. The van der Waals surface area contributed by atoms with E-state index in [1.165, 1.54) is 18.2 Å². The Morgan fingerprint density at radius 1 is 1.07 bits per heavy atom. The summed E-state index contributed by atoms with van der Waals surface area (Å²) in [4.78, 5) is 11.0. The van der Waals surface area contributed by atoms with E-state index in [0.717, 1.165) is 12.1 Å². The Morgan fingerprint density at radius 2 is 1.72 bits per heavy atom. The van der Waals surface area contributed by atoms with Crippen LogP contribution in [0, 0.1) is 0 Å². The summed E-state index contributed by atoms with van der Waals surface area (Å²) in [5.74, 6) is -3.67. The SMILES string of the molecule is O=C(O)c1ccc(/C=C/C(c2cc(CF)cc(C(F)(F)F)c2)C(F)(F)F)cc1Br. The molecule has 29 heavy (non-hydrogen) atoms. The highest BCUT2D eigenvalue weighted by molar-refractivity contribution is 9.10. The topological polar surface area (TPSA) is 37.3 Å². The molecule has 0 saturated heterocycles. The predicted molar refractivity (Wildman–Crippen MR) is 95.2 cm³/mol. The largest absolute Gasteiger partial charge is 0.478 e. The van der Waals surface area contributed by atoms with Gasteiger partial charge in [0.15, 0.2) is 0 Å². The Morgan fingerprint density at radius 3 is 2.21 bits per heavy atom. The molecule has 0 aliphatic rings. The van der Waals surface area contributed by atoms with E-state index in [4.69, 9.17) is 5.11 Å². The molecule has 1 N–H and O–H groups in total. The summed E-state index contributed by atoms with van der Waals surface area (Å²) in [6.07, 6.45) is -8.23. The number of alkyl halides is 7. The number of rotatable bonds is 5. The van der Waals surface area contributed by atoms with Gasteiger partial charge in [-0.3, -0.25) is 0 Å². The summed E-state index contributed by atoms with van der Waals surface area (Å²) in [5, 5.41) is 8.95. The summed E-state index contributed by atoms with van der Waals surface area (Å²) in [6.45, 7) is -1.35. The molecule has 1 unspecified atom stereocenters. The van der Waals surface area contributed by atoms with E-state index in [0.29, 0.717) is 18.2 Å². The molecule has 2 aromatic rings. The molecule has 156 valence electrons. The Balaban J connectivity index is 2.50. The number of hydrogen-bond donors (Lipinski definition) is 1. The fourth-order valence-electron chi connectivity index (χ4n) is 2.56. The van der Waals surface area contributed by atoms with Crippen LogP contribution in [0.4, 0.5) is 30.7 Å². The van der Waals surface area contributed by atoms with Gasteiger partial charge in [-0.2, -0.15) is 26.3 Å². The molecule has 1 atom stereocenters. The first-order valence-electron chi connectivity index (χ1n) is 7.87. The molecule has 0 aliphatic heterocycles. The molecule has 2 rings (SSSR count). The molecule has 0 radical (unpaired) electrons. The molecule has 2 nitrogen and oxygen atoms in total. The molecular formula is C19H12BrF7O2. The monoisotopic (exact) mass is 484 g/mol. The summed E-state index contributed by atoms with van der Waals surface area (Å²) in [5.41, 5.74) is -2.57. The Labute approximate surface area is 168 Å². The van der Waals surface area contributed by atoms with E-state index >= 15 is 0 Å². The molecule has 0 aliphatic carbocycles. The number of aromatic carboxylic acids is 1. The lowest BCUT2D eigenvalue weighted by Gasteiger charge is -2.20. The van der Waals surface area contributed by atoms with Crippen molar-refractivity contribution in [3.63, 3.8) is 0 Å². The number of benzene rings is 2. The van der Waals surface area contributed by atoms with Gasteiger partial charge in [0.25, 0.3) is 0 Å². The van der Waals surface area contributed by atoms with Gasteiger partial charge in [-0.25, -0.2) is 9.18 Å². The van der Waals surface area contributed by atoms with Crippen LogP contribution in [0.25, 0.3) is 6.08 Å². The third kappa shape index (κ3) is 5.81. The van der Waals surface area contributed by atoms with Crippen LogP contribution in [0.15, 0.2) is 46.9 Å². The first-order valence-corrected chi connectivity index (χ1v) is 8.67. The van der Waals surface area contributed by atoms with Crippen molar-refractivity contribution in [3.8, 4) is 0 Å². The lowest BCUT2D eigenvalue weighted by atomic mass is 9.93. The van der Waals surface area contributed by atoms with Crippen molar-refractivity contribution >= 4 is 28.0 Å². The third-order valence-corrected chi connectivity index (χ3v) is 4.57. The molecule has 0 bridgehead atoms.